The van der Waals surface area contributed by atoms with Gasteiger partial charge in [0.25, 0.3) is 0 Å². The number of benzene rings is 2. The topological polar surface area (TPSA) is 40.5 Å². The van der Waals surface area contributed by atoms with Crippen molar-refractivity contribution in [2.45, 2.75) is 42.7 Å². The molecule has 2 fully saturated rings. The normalized spacial score (nSPS) is 25.5. The van der Waals surface area contributed by atoms with E-state index in [1.807, 2.05) is 30.3 Å². The average Bonchev–Trinajstić information content (AvgIpc) is 3.01. The predicted molar refractivity (Wildman–Crippen MR) is 108 cm³/mol. The van der Waals surface area contributed by atoms with E-state index >= 15 is 0 Å². The maximum atomic E-state index is 14.8. The molecule has 2 aromatic rings. The molecule has 0 bridgehead atoms. The predicted octanol–water partition coefficient (Wildman–Crippen LogP) is 5.23. The summed E-state index contributed by atoms with van der Waals surface area (Å²) in [6, 6.07) is 13.9. The highest BCUT2D eigenvalue weighted by molar-refractivity contribution is 6.48. The number of hydrogen-bond acceptors (Lipinski definition) is 2. The van der Waals surface area contributed by atoms with E-state index in [1.165, 1.54) is 11.0 Å². The Labute approximate surface area is 174 Å². The lowest BCUT2D eigenvalue weighted by atomic mass is 9.72. The van der Waals surface area contributed by atoms with Gasteiger partial charge in [-0.15, -0.1) is 0 Å². The van der Waals surface area contributed by atoms with E-state index < -0.39 is 15.7 Å². The number of aliphatic hydroxyl groups is 1. The van der Waals surface area contributed by atoms with Gasteiger partial charge in [0, 0.05) is 17.7 Å². The van der Waals surface area contributed by atoms with E-state index in [9.17, 15) is 14.3 Å². The highest BCUT2D eigenvalue weighted by Crippen LogP contribution is 2.50. The fourth-order valence-corrected chi connectivity index (χ4v) is 4.98. The molecule has 1 amide bonds. The molecular weight excluding hydrogens is 400 g/mol. The second-order valence-electron chi connectivity index (χ2n) is 7.82. The maximum Gasteiger partial charge on any atom is 0.231 e. The molecule has 6 heteroatoms. The van der Waals surface area contributed by atoms with Crippen molar-refractivity contribution in [2.24, 2.45) is 5.41 Å². The summed E-state index contributed by atoms with van der Waals surface area (Å²) in [6.07, 6.45) is 2.80. The molecule has 1 N–H and O–H groups in total. The number of amides is 1. The first-order chi connectivity index (χ1) is 13.3. The third kappa shape index (κ3) is 3.32. The highest BCUT2D eigenvalue weighted by Gasteiger charge is 2.53. The monoisotopic (exact) mass is 421 g/mol. The zero-order valence-electron chi connectivity index (χ0n) is 15.4. The minimum atomic E-state index is -1.63. The van der Waals surface area contributed by atoms with Crippen molar-refractivity contribution < 1.29 is 14.3 Å². The van der Waals surface area contributed by atoms with Crippen molar-refractivity contribution in [3.8, 4) is 11.1 Å². The standard InChI is InChI=1S/C22H22Cl2FNO2/c23-22(24,26-13-12-21(20(26)28)10-8-17(27)9-11-21)16-6-7-18(19(25)14-16)15-4-2-1-3-5-15/h1-7,14,17,27H,8-13H2. The second kappa shape index (κ2) is 7.33. The Hall–Kier alpha value is -1.62. The highest BCUT2D eigenvalue weighted by atomic mass is 35.5. The Balaban J connectivity index is 1.60. The average molecular weight is 422 g/mol. The Bertz CT molecular complexity index is 879. The number of hydrogen-bond donors (Lipinski definition) is 1. The van der Waals surface area contributed by atoms with E-state index in [2.05, 4.69) is 0 Å². The van der Waals surface area contributed by atoms with Crippen LogP contribution in [0.25, 0.3) is 11.1 Å². The molecule has 0 aromatic heterocycles. The van der Waals surface area contributed by atoms with Crippen LogP contribution in [0.4, 0.5) is 4.39 Å². The first kappa shape index (κ1) is 19.7. The number of nitrogens with zero attached hydrogens (tertiary/aromatic N) is 1. The van der Waals surface area contributed by atoms with Crippen LogP contribution in [0.15, 0.2) is 48.5 Å². The van der Waals surface area contributed by atoms with Crippen LogP contribution in [-0.2, 0) is 9.25 Å². The SMILES string of the molecule is O=C1N(C(Cl)(Cl)c2ccc(-c3ccccc3)c(F)c2)CCC12CCC(O)CC2. The molecule has 3 nitrogen and oxygen atoms in total. The van der Waals surface area contributed by atoms with E-state index in [1.54, 1.807) is 12.1 Å². The summed E-state index contributed by atoms with van der Waals surface area (Å²) >= 11 is 13.2. The molecule has 1 heterocycles. The van der Waals surface area contributed by atoms with Gasteiger partial charge in [-0.3, -0.25) is 4.79 Å². The van der Waals surface area contributed by atoms with Crippen molar-refractivity contribution in [3.05, 3.63) is 59.9 Å². The summed E-state index contributed by atoms with van der Waals surface area (Å²) < 4.78 is 13.2. The molecule has 0 atom stereocenters. The lowest BCUT2D eigenvalue weighted by molar-refractivity contribution is -0.140. The quantitative estimate of drug-likeness (QED) is 0.543. The van der Waals surface area contributed by atoms with Gasteiger partial charge in [0.05, 0.1) is 11.5 Å². The largest absolute Gasteiger partial charge is 0.393 e. The van der Waals surface area contributed by atoms with Crippen molar-refractivity contribution in [2.75, 3.05) is 6.54 Å². The van der Waals surface area contributed by atoms with Crippen molar-refractivity contribution in [1.82, 2.24) is 4.90 Å². The zero-order valence-corrected chi connectivity index (χ0v) is 16.9. The lowest BCUT2D eigenvalue weighted by Gasteiger charge is -2.36. The van der Waals surface area contributed by atoms with Gasteiger partial charge in [0.2, 0.25) is 10.4 Å². The fourth-order valence-electron chi connectivity index (χ4n) is 4.42. The molecule has 1 aliphatic carbocycles. The number of carbonyl (C=O) groups excluding carboxylic acids is 1. The van der Waals surface area contributed by atoms with Gasteiger partial charge in [-0.2, -0.15) is 0 Å². The molecule has 2 aromatic carbocycles. The van der Waals surface area contributed by atoms with Crippen LogP contribution in [-0.4, -0.2) is 28.6 Å². The molecule has 1 spiro atoms. The minimum Gasteiger partial charge on any atom is -0.393 e. The van der Waals surface area contributed by atoms with E-state index in [0.717, 1.165) is 5.56 Å². The molecule has 148 valence electrons. The molecule has 4 rings (SSSR count). The first-order valence-electron chi connectivity index (χ1n) is 9.57. The van der Waals surface area contributed by atoms with Gasteiger partial charge in [-0.1, -0.05) is 65.7 Å². The molecule has 1 saturated carbocycles. The third-order valence-corrected chi connectivity index (χ3v) is 7.01. The number of aliphatic hydroxyl groups excluding tert-OH is 1. The summed E-state index contributed by atoms with van der Waals surface area (Å²) in [6.45, 7) is 0.421. The molecule has 1 saturated heterocycles. The van der Waals surface area contributed by atoms with Crippen molar-refractivity contribution in [3.63, 3.8) is 0 Å². The molecule has 0 radical (unpaired) electrons. The first-order valence-corrected chi connectivity index (χ1v) is 10.3. The third-order valence-electron chi connectivity index (χ3n) is 6.17. The summed E-state index contributed by atoms with van der Waals surface area (Å²) in [5.41, 5.74) is 1.06. The van der Waals surface area contributed by atoms with Crippen molar-refractivity contribution >= 4 is 29.1 Å². The number of likely N-dealkylation sites (tertiary alicyclic amines) is 1. The maximum absolute atomic E-state index is 14.8. The number of rotatable bonds is 3. The molecule has 1 aliphatic heterocycles. The second-order valence-corrected chi connectivity index (χ2v) is 9.11. The Morgan fingerprint density at radius 2 is 1.75 bits per heavy atom. The Morgan fingerprint density at radius 3 is 2.39 bits per heavy atom. The summed E-state index contributed by atoms with van der Waals surface area (Å²) in [7, 11) is 0. The van der Waals surface area contributed by atoms with Gasteiger partial charge in [-0.05, 0) is 43.7 Å². The molecular formula is C22H22Cl2FNO2. The van der Waals surface area contributed by atoms with Crippen LogP contribution in [0.1, 0.15) is 37.7 Å². The van der Waals surface area contributed by atoms with Crippen LogP contribution in [0, 0.1) is 11.2 Å². The number of alkyl halides is 2. The van der Waals surface area contributed by atoms with Crippen LogP contribution < -0.4 is 0 Å². The van der Waals surface area contributed by atoms with Gasteiger partial charge in [-0.25, -0.2) is 4.39 Å². The van der Waals surface area contributed by atoms with Crippen LogP contribution in [0.3, 0.4) is 0 Å². The van der Waals surface area contributed by atoms with Crippen molar-refractivity contribution in [1.29, 1.82) is 0 Å². The van der Waals surface area contributed by atoms with E-state index in [0.29, 0.717) is 49.8 Å². The minimum absolute atomic E-state index is 0.100. The summed E-state index contributed by atoms with van der Waals surface area (Å²) in [5, 5.41) is 9.77. The van der Waals surface area contributed by atoms with E-state index in [4.69, 9.17) is 23.2 Å². The summed E-state index contributed by atoms with van der Waals surface area (Å²) in [5.74, 6) is -0.534. The van der Waals surface area contributed by atoms with Gasteiger partial charge in [0.15, 0.2) is 0 Å². The van der Waals surface area contributed by atoms with E-state index in [-0.39, 0.29) is 12.0 Å². The van der Waals surface area contributed by atoms with Crippen LogP contribution >= 0.6 is 23.2 Å². The zero-order chi connectivity index (χ0) is 19.9. The fraction of sp³-hybridized carbons (Fsp3) is 0.409. The van der Waals surface area contributed by atoms with Gasteiger partial charge < -0.3 is 10.0 Å². The van der Waals surface area contributed by atoms with Gasteiger partial charge >= 0.3 is 0 Å². The molecule has 2 aliphatic rings. The lowest BCUT2D eigenvalue weighted by Crippen LogP contribution is -2.44. The number of halogens is 3. The molecule has 0 unspecified atom stereocenters. The van der Waals surface area contributed by atoms with Gasteiger partial charge in [0.1, 0.15) is 5.82 Å². The van der Waals surface area contributed by atoms with Crippen LogP contribution in [0.2, 0.25) is 0 Å². The molecule has 28 heavy (non-hydrogen) atoms. The Morgan fingerprint density at radius 1 is 1.07 bits per heavy atom. The smallest absolute Gasteiger partial charge is 0.231 e. The number of carbonyl (C=O) groups is 1. The van der Waals surface area contributed by atoms with Crippen LogP contribution in [0.5, 0.6) is 0 Å². The Kier molecular flexibility index (Phi) is 5.15. The summed E-state index contributed by atoms with van der Waals surface area (Å²) in [4.78, 5) is 14.6.